The van der Waals surface area contributed by atoms with E-state index in [1.54, 1.807) is 0 Å². The molecule has 0 amide bonds. The molecule has 2 aromatic heterocycles. The molecule has 1 N–H and O–H groups in total. The van der Waals surface area contributed by atoms with E-state index in [1.165, 1.54) is 18.5 Å². The van der Waals surface area contributed by atoms with Crippen molar-refractivity contribution in [2.75, 3.05) is 0 Å². The van der Waals surface area contributed by atoms with E-state index in [1.807, 2.05) is 0 Å². The molecule has 0 unspecified atom stereocenters. The van der Waals surface area contributed by atoms with Gasteiger partial charge in [0.05, 0.1) is 16.2 Å². The molecule has 2 heterocycles. The van der Waals surface area contributed by atoms with Crippen LogP contribution >= 0.6 is 23.2 Å². The van der Waals surface area contributed by atoms with Crippen molar-refractivity contribution in [3.8, 4) is 5.75 Å². The van der Waals surface area contributed by atoms with E-state index in [0.717, 1.165) is 0 Å². The van der Waals surface area contributed by atoms with Gasteiger partial charge in [-0.05, 0) is 6.07 Å². The standard InChI is InChI=1S/C8H4Cl2N2O/c9-6-3-12-8-5(7(6)10)1-4(13)2-11-8/h1-3,13H. The highest BCUT2D eigenvalue weighted by atomic mass is 35.5. The third-order valence-electron chi connectivity index (χ3n) is 1.60. The predicted molar refractivity (Wildman–Crippen MR) is 51.2 cm³/mol. The number of hydrogen-bond donors (Lipinski definition) is 1. The Labute approximate surface area is 84.0 Å². The molecule has 3 nitrogen and oxygen atoms in total. The Bertz CT molecular complexity index is 468. The summed E-state index contributed by atoms with van der Waals surface area (Å²) >= 11 is 11.6. The third kappa shape index (κ3) is 1.41. The molecule has 0 aliphatic carbocycles. The lowest BCUT2D eigenvalue weighted by molar-refractivity contribution is 0.474. The van der Waals surface area contributed by atoms with Crippen molar-refractivity contribution in [1.29, 1.82) is 0 Å². The van der Waals surface area contributed by atoms with Crippen LogP contribution in [0.2, 0.25) is 10.0 Å². The summed E-state index contributed by atoms with van der Waals surface area (Å²) in [6.45, 7) is 0. The van der Waals surface area contributed by atoms with Gasteiger partial charge in [-0.1, -0.05) is 23.2 Å². The molecule has 13 heavy (non-hydrogen) atoms. The molecular formula is C8H4Cl2N2O. The molecule has 0 spiro atoms. The smallest absolute Gasteiger partial charge is 0.160 e. The third-order valence-corrected chi connectivity index (χ3v) is 2.39. The molecule has 0 atom stereocenters. The van der Waals surface area contributed by atoms with Crippen LogP contribution in [0.5, 0.6) is 5.75 Å². The van der Waals surface area contributed by atoms with Crippen molar-refractivity contribution in [2.24, 2.45) is 0 Å². The zero-order chi connectivity index (χ0) is 9.42. The van der Waals surface area contributed by atoms with Gasteiger partial charge >= 0.3 is 0 Å². The topological polar surface area (TPSA) is 46.0 Å². The van der Waals surface area contributed by atoms with Crippen molar-refractivity contribution < 1.29 is 5.11 Å². The fourth-order valence-corrected chi connectivity index (χ4v) is 1.35. The van der Waals surface area contributed by atoms with Gasteiger partial charge in [-0.3, -0.25) is 0 Å². The van der Waals surface area contributed by atoms with E-state index in [0.29, 0.717) is 21.1 Å². The van der Waals surface area contributed by atoms with Crippen LogP contribution in [0, 0.1) is 0 Å². The van der Waals surface area contributed by atoms with Crippen LogP contribution in [-0.2, 0) is 0 Å². The van der Waals surface area contributed by atoms with Gasteiger partial charge < -0.3 is 5.11 Å². The van der Waals surface area contributed by atoms with Gasteiger partial charge in [-0.2, -0.15) is 0 Å². The molecule has 0 bridgehead atoms. The number of nitrogens with zero attached hydrogens (tertiary/aromatic N) is 2. The zero-order valence-corrected chi connectivity index (χ0v) is 7.84. The van der Waals surface area contributed by atoms with E-state index in [9.17, 15) is 0 Å². The first-order valence-corrected chi connectivity index (χ1v) is 4.23. The Hall–Kier alpha value is -1.06. The van der Waals surface area contributed by atoms with Crippen LogP contribution in [0.15, 0.2) is 18.5 Å². The number of fused-ring (bicyclic) bond motifs is 1. The van der Waals surface area contributed by atoms with Crippen molar-refractivity contribution >= 4 is 34.2 Å². The van der Waals surface area contributed by atoms with E-state index < -0.39 is 0 Å². The van der Waals surface area contributed by atoms with Crippen molar-refractivity contribution in [1.82, 2.24) is 9.97 Å². The average molecular weight is 215 g/mol. The zero-order valence-electron chi connectivity index (χ0n) is 6.33. The highest BCUT2D eigenvalue weighted by molar-refractivity contribution is 6.44. The van der Waals surface area contributed by atoms with E-state index in [2.05, 4.69) is 9.97 Å². The van der Waals surface area contributed by atoms with Gasteiger partial charge in [-0.25, -0.2) is 9.97 Å². The lowest BCUT2D eigenvalue weighted by atomic mass is 10.3. The van der Waals surface area contributed by atoms with E-state index >= 15 is 0 Å². The Morgan fingerprint density at radius 2 is 1.85 bits per heavy atom. The summed E-state index contributed by atoms with van der Waals surface area (Å²) < 4.78 is 0. The van der Waals surface area contributed by atoms with Gasteiger partial charge in [0.2, 0.25) is 0 Å². The van der Waals surface area contributed by atoms with E-state index in [4.69, 9.17) is 28.3 Å². The quantitative estimate of drug-likeness (QED) is 0.734. The average Bonchev–Trinajstić information content (AvgIpc) is 2.12. The minimum Gasteiger partial charge on any atom is -0.506 e. The molecule has 0 aliphatic heterocycles. The second kappa shape index (κ2) is 3.01. The lowest BCUT2D eigenvalue weighted by Gasteiger charge is -2.00. The number of pyridine rings is 2. The van der Waals surface area contributed by atoms with Crippen molar-refractivity contribution in [3.05, 3.63) is 28.5 Å². The van der Waals surface area contributed by atoms with Crippen molar-refractivity contribution in [2.45, 2.75) is 0 Å². The van der Waals surface area contributed by atoms with Crippen LogP contribution in [0.25, 0.3) is 11.0 Å². The van der Waals surface area contributed by atoms with Gasteiger partial charge in [0.1, 0.15) is 5.75 Å². The molecule has 0 fully saturated rings. The monoisotopic (exact) mass is 214 g/mol. The van der Waals surface area contributed by atoms with Crippen LogP contribution in [0.3, 0.4) is 0 Å². The fraction of sp³-hybridized carbons (Fsp3) is 0. The normalized spacial score (nSPS) is 10.6. The first-order chi connectivity index (χ1) is 6.18. The number of hydrogen-bond acceptors (Lipinski definition) is 3. The summed E-state index contributed by atoms with van der Waals surface area (Å²) in [7, 11) is 0. The second-order valence-electron chi connectivity index (χ2n) is 2.48. The first-order valence-electron chi connectivity index (χ1n) is 3.47. The molecule has 0 aromatic carbocycles. The highest BCUT2D eigenvalue weighted by Gasteiger charge is 2.06. The summed E-state index contributed by atoms with van der Waals surface area (Å²) in [5, 5.41) is 10.4. The molecule has 5 heteroatoms. The maximum atomic E-state index is 9.15. The second-order valence-corrected chi connectivity index (χ2v) is 3.27. The van der Waals surface area contributed by atoms with Crippen LogP contribution in [0.1, 0.15) is 0 Å². The summed E-state index contributed by atoms with van der Waals surface area (Å²) in [5.74, 6) is 0.0402. The number of aromatic hydroxyl groups is 1. The fourth-order valence-electron chi connectivity index (χ4n) is 1.01. The van der Waals surface area contributed by atoms with Gasteiger partial charge in [0.25, 0.3) is 0 Å². The predicted octanol–water partition coefficient (Wildman–Crippen LogP) is 2.64. The number of rotatable bonds is 0. The van der Waals surface area contributed by atoms with Crippen LogP contribution in [0.4, 0.5) is 0 Å². The number of halogens is 2. The Morgan fingerprint density at radius 1 is 1.15 bits per heavy atom. The largest absolute Gasteiger partial charge is 0.506 e. The summed E-state index contributed by atoms with van der Waals surface area (Å²) in [6, 6.07) is 1.48. The molecule has 0 saturated carbocycles. The Morgan fingerprint density at radius 3 is 2.62 bits per heavy atom. The highest BCUT2D eigenvalue weighted by Crippen LogP contribution is 2.29. The number of aromatic nitrogens is 2. The SMILES string of the molecule is Oc1cnc2ncc(Cl)c(Cl)c2c1. The maximum absolute atomic E-state index is 9.15. The molecule has 66 valence electrons. The molecule has 0 saturated heterocycles. The summed E-state index contributed by atoms with van der Waals surface area (Å²) in [6.07, 6.45) is 2.73. The van der Waals surface area contributed by atoms with Gasteiger partial charge in [-0.15, -0.1) is 0 Å². The van der Waals surface area contributed by atoms with Gasteiger partial charge in [0.15, 0.2) is 5.65 Å². The maximum Gasteiger partial charge on any atom is 0.160 e. The molecule has 0 aliphatic rings. The molecule has 2 rings (SSSR count). The summed E-state index contributed by atoms with van der Waals surface area (Å²) in [4.78, 5) is 7.82. The van der Waals surface area contributed by atoms with Crippen molar-refractivity contribution in [3.63, 3.8) is 0 Å². The Balaban J connectivity index is 2.89. The molecular weight excluding hydrogens is 211 g/mol. The van der Waals surface area contributed by atoms with E-state index in [-0.39, 0.29) is 5.75 Å². The minimum atomic E-state index is 0.0402. The first kappa shape index (κ1) is 8.53. The minimum absolute atomic E-state index is 0.0402. The Kier molecular flexibility index (Phi) is 1.98. The van der Waals surface area contributed by atoms with Gasteiger partial charge in [0, 0.05) is 11.6 Å². The lowest BCUT2D eigenvalue weighted by Crippen LogP contribution is -1.84. The van der Waals surface area contributed by atoms with Crippen LogP contribution in [-0.4, -0.2) is 15.1 Å². The summed E-state index contributed by atoms with van der Waals surface area (Å²) in [5.41, 5.74) is 0.465. The van der Waals surface area contributed by atoms with Crippen LogP contribution < -0.4 is 0 Å². The molecule has 0 radical (unpaired) electrons. The molecule has 2 aromatic rings.